The zero-order valence-corrected chi connectivity index (χ0v) is 19.0. The lowest BCUT2D eigenvalue weighted by molar-refractivity contribution is -0.148. The van der Waals surface area contributed by atoms with Gasteiger partial charge in [-0.25, -0.2) is 13.8 Å². The van der Waals surface area contributed by atoms with Crippen LogP contribution >= 0.6 is 0 Å². The van der Waals surface area contributed by atoms with Crippen LogP contribution in [0, 0.1) is 11.6 Å². The fourth-order valence-electron chi connectivity index (χ4n) is 4.40. The van der Waals surface area contributed by atoms with Crippen molar-refractivity contribution in [2.75, 3.05) is 11.1 Å². The summed E-state index contributed by atoms with van der Waals surface area (Å²) in [7, 11) is 0. The highest BCUT2D eigenvalue weighted by molar-refractivity contribution is 6.06. The summed E-state index contributed by atoms with van der Waals surface area (Å²) in [5.74, 6) is -2.62. The number of pyridine rings is 2. The molecule has 1 amide bonds. The van der Waals surface area contributed by atoms with Crippen molar-refractivity contribution in [3.63, 3.8) is 0 Å². The molecule has 8 nitrogen and oxygen atoms in total. The van der Waals surface area contributed by atoms with Crippen molar-refractivity contribution >= 4 is 23.3 Å². The molecular weight excluding hydrogens is 456 g/mol. The molecule has 3 unspecified atom stereocenters. The van der Waals surface area contributed by atoms with E-state index in [1.165, 1.54) is 31.3 Å². The number of carbonyl (C=O) groups is 2. The van der Waals surface area contributed by atoms with Crippen molar-refractivity contribution in [1.82, 2.24) is 9.97 Å². The maximum absolute atomic E-state index is 14.2. The standard InChI is InChI=1S/C25H25F2N5O3/c1-13(33)35-22-8-5-14(11-19(22)29)15-9-10-30-12-21(15)32-25(34)24-18(28)6-7-20(31-24)23-16(26)3-2-4-17(23)27/h2-4,6-7,9-10,12,14,19,22H,5,8,11,28-29H2,1H3,(H,32,34). The van der Waals surface area contributed by atoms with Crippen molar-refractivity contribution < 1.29 is 23.1 Å². The van der Waals surface area contributed by atoms with Gasteiger partial charge < -0.3 is 21.5 Å². The number of nitrogens with two attached hydrogens (primary N) is 2. The number of hydrogen-bond acceptors (Lipinski definition) is 7. The first-order chi connectivity index (χ1) is 16.7. The molecule has 2 heterocycles. The van der Waals surface area contributed by atoms with Crippen molar-refractivity contribution in [3.05, 3.63) is 71.7 Å². The van der Waals surface area contributed by atoms with Crippen molar-refractivity contribution in [2.45, 2.75) is 44.2 Å². The van der Waals surface area contributed by atoms with Crippen LogP contribution < -0.4 is 16.8 Å². The molecule has 1 fully saturated rings. The molecule has 3 aromatic rings. The van der Waals surface area contributed by atoms with Crippen LogP contribution in [0.4, 0.5) is 20.2 Å². The van der Waals surface area contributed by atoms with Crippen molar-refractivity contribution in [3.8, 4) is 11.3 Å². The van der Waals surface area contributed by atoms with E-state index >= 15 is 0 Å². The van der Waals surface area contributed by atoms with E-state index in [9.17, 15) is 18.4 Å². The first kappa shape index (κ1) is 24.2. The normalized spacial score (nSPS) is 19.7. The van der Waals surface area contributed by atoms with Crippen molar-refractivity contribution in [1.29, 1.82) is 0 Å². The molecular formula is C25H25F2N5O3. The van der Waals surface area contributed by atoms with E-state index < -0.39 is 17.5 Å². The van der Waals surface area contributed by atoms with Crippen LogP contribution in [0.25, 0.3) is 11.3 Å². The maximum atomic E-state index is 14.2. The van der Waals surface area contributed by atoms with Gasteiger partial charge in [0.05, 0.1) is 28.8 Å². The molecule has 0 saturated heterocycles. The molecule has 0 bridgehead atoms. The van der Waals surface area contributed by atoms with Crippen LogP contribution in [-0.2, 0) is 9.53 Å². The third-order valence-electron chi connectivity index (χ3n) is 6.05. The third-order valence-corrected chi connectivity index (χ3v) is 6.05. The van der Waals surface area contributed by atoms with Gasteiger partial charge in [0.15, 0.2) is 5.69 Å². The van der Waals surface area contributed by atoms with Gasteiger partial charge in [0.25, 0.3) is 5.91 Å². The van der Waals surface area contributed by atoms with E-state index in [-0.39, 0.29) is 46.7 Å². The SMILES string of the molecule is CC(=O)OC1CCC(c2ccncc2NC(=O)c2nc(-c3c(F)cccc3F)ccc2N)CC1N. The Kier molecular flexibility index (Phi) is 7.02. The topological polar surface area (TPSA) is 133 Å². The number of benzene rings is 1. The smallest absolute Gasteiger partial charge is 0.302 e. The second-order valence-electron chi connectivity index (χ2n) is 8.47. The minimum Gasteiger partial charge on any atom is -0.461 e. The maximum Gasteiger partial charge on any atom is 0.302 e. The van der Waals surface area contributed by atoms with Gasteiger partial charge in [-0.15, -0.1) is 0 Å². The lowest BCUT2D eigenvalue weighted by atomic mass is 9.80. The summed E-state index contributed by atoms with van der Waals surface area (Å²) in [6.07, 6.45) is 4.60. The summed E-state index contributed by atoms with van der Waals surface area (Å²) in [6, 6.07) is 7.64. The Morgan fingerprint density at radius 2 is 1.86 bits per heavy atom. The Labute approximate surface area is 200 Å². The minimum atomic E-state index is -0.802. The third kappa shape index (κ3) is 5.27. The molecule has 35 heavy (non-hydrogen) atoms. The fraction of sp³-hybridized carbons (Fsp3) is 0.280. The first-order valence-corrected chi connectivity index (χ1v) is 11.1. The predicted molar refractivity (Wildman–Crippen MR) is 126 cm³/mol. The van der Waals surface area contributed by atoms with E-state index in [1.807, 2.05) is 0 Å². The monoisotopic (exact) mass is 481 g/mol. The molecule has 4 rings (SSSR count). The number of rotatable bonds is 5. The molecule has 1 aliphatic rings. The van der Waals surface area contributed by atoms with Crippen molar-refractivity contribution in [2.24, 2.45) is 5.73 Å². The van der Waals surface area contributed by atoms with Gasteiger partial charge >= 0.3 is 5.97 Å². The number of nitrogens with zero attached hydrogens (tertiary/aromatic N) is 2. The van der Waals surface area contributed by atoms with Crippen LogP contribution in [0.2, 0.25) is 0 Å². The van der Waals surface area contributed by atoms with E-state index in [0.29, 0.717) is 24.9 Å². The highest BCUT2D eigenvalue weighted by Crippen LogP contribution is 2.37. The Hall–Kier alpha value is -3.92. The molecule has 1 aliphatic carbocycles. The van der Waals surface area contributed by atoms with Gasteiger partial charge in [0, 0.05) is 19.2 Å². The van der Waals surface area contributed by atoms with Gasteiger partial charge in [-0.2, -0.15) is 0 Å². The highest BCUT2D eigenvalue weighted by Gasteiger charge is 2.32. The predicted octanol–water partition coefficient (Wildman–Crippen LogP) is 3.78. The molecule has 1 aromatic carbocycles. The Bertz CT molecular complexity index is 1250. The van der Waals surface area contributed by atoms with Gasteiger partial charge in [0.1, 0.15) is 17.7 Å². The number of aromatic nitrogens is 2. The average Bonchev–Trinajstić information content (AvgIpc) is 2.81. The van der Waals surface area contributed by atoms with Crippen LogP contribution in [0.15, 0.2) is 48.8 Å². The summed E-state index contributed by atoms with van der Waals surface area (Å²) in [5, 5.41) is 2.77. The lowest BCUT2D eigenvalue weighted by Gasteiger charge is -2.34. The second-order valence-corrected chi connectivity index (χ2v) is 8.47. The average molecular weight is 482 g/mol. The molecule has 10 heteroatoms. The number of halogens is 2. The summed E-state index contributed by atoms with van der Waals surface area (Å²) in [5.41, 5.74) is 13.0. The lowest BCUT2D eigenvalue weighted by Crippen LogP contribution is -2.42. The second kappa shape index (κ2) is 10.1. The summed E-state index contributed by atoms with van der Waals surface area (Å²) >= 11 is 0. The minimum absolute atomic E-state index is 0.000686. The van der Waals surface area contributed by atoms with E-state index in [0.717, 1.165) is 17.7 Å². The zero-order valence-electron chi connectivity index (χ0n) is 19.0. The number of ether oxygens (including phenoxy) is 1. The van der Waals surface area contributed by atoms with Crippen LogP contribution in [0.1, 0.15) is 48.2 Å². The molecule has 0 aliphatic heterocycles. The van der Waals surface area contributed by atoms with E-state index in [1.54, 1.807) is 12.3 Å². The Balaban J connectivity index is 1.58. The Morgan fingerprint density at radius 3 is 2.54 bits per heavy atom. The quantitative estimate of drug-likeness (QED) is 0.472. The molecule has 1 saturated carbocycles. The van der Waals surface area contributed by atoms with Crippen LogP contribution in [-0.4, -0.2) is 34.0 Å². The van der Waals surface area contributed by atoms with E-state index in [4.69, 9.17) is 16.2 Å². The first-order valence-electron chi connectivity index (χ1n) is 11.1. The molecule has 3 atom stereocenters. The zero-order chi connectivity index (χ0) is 25.1. The van der Waals surface area contributed by atoms with Crippen LogP contribution in [0.5, 0.6) is 0 Å². The number of carbonyl (C=O) groups excluding carboxylic acids is 2. The molecule has 182 valence electrons. The summed E-state index contributed by atoms with van der Waals surface area (Å²) < 4.78 is 33.8. The molecule has 0 spiro atoms. The Morgan fingerprint density at radius 1 is 1.11 bits per heavy atom. The largest absolute Gasteiger partial charge is 0.461 e. The number of anilines is 2. The van der Waals surface area contributed by atoms with Gasteiger partial charge in [0.2, 0.25) is 0 Å². The molecule has 2 aromatic heterocycles. The van der Waals surface area contributed by atoms with Gasteiger partial charge in [-0.1, -0.05) is 6.07 Å². The number of nitrogen functional groups attached to an aromatic ring is 1. The van der Waals surface area contributed by atoms with Crippen LogP contribution in [0.3, 0.4) is 0 Å². The highest BCUT2D eigenvalue weighted by atomic mass is 19.1. The van der Waals surface area contributed by atoms with Gasteiger partial charge in [-0.05, 0) is 61.1 Å². The number of nitrogens with one attached hydrogen (secondary N) is 1. The number of amides is 1. The number of esters is 1. The summed E-state index contributed by atoms with van der Waals surface area (Å²) in [6.45, 7) is 1.35. The van der Waals surface area contributed by atoms with Gasteiger partial charge in [-0.3, -0.25) is 14.6 Å². The number of hydrogen-bond donors (Lipinski definition) is 3. The summed E-state index contributed by atoms with van der Waals surface area (Å²) in [4.78, 5) is 32.7. The molecule has 0 radical (unpaired) electrons. The molecule has 5 N–H and O–H groups in total. The fourth-order valence-corrected chi connectivity index (χ4v) is 4.40. The van der Waals surface area contributed by atoms with E-state index in [2.05, 4.69) is 15.3 Å².